The van der Waals surface area contributed by atoms with Gasteiger partial charge in [-0.3, -0.25) is 4.79 Å². The van der Waals surface area contributed by atoms with Crippen LogP contribution in [-0.4, -0.2) is 25.7 Å². The minimum absolute atomic E-state index is 0.110. The van der Waals surface area contributed by atoms with Crippen LogP contribution >= 0.6 is 34.8 Å². The second-order valence-electron chi connectivity index (χ2n) is 6.05. The van der Waals surface area contributed by atoms with Gasteiger partial charge in [0.2, 0.25) is 0 Å². The number of carbonyl (C=O) groups excluding carboxylic acids is 1. The molecular weight excluding hydrogens is 485 g/mol. The van der Waals surface area contributed by atoms with Crippen molar-refractivity contribution in [3.05, 3.63) is 68.9 Å². The van der Waals surface area contributed by atoms with E-state index in [9.17, 15) is 22.4 Å². The predicted molar refractivity (Wildman–Crippen MR) is 111 cm³/mol. The van der Waals surface area contributed by atoms with Crippen LogP contribution in [0.3, 0.4) is 0 Å². The molecule has 31 heavy (non-hydrogen) atoms. The fraction of sp³-hybridized carbons (Fsp3) is 0.250. The van der Waals surface area contributed by atoms with Gasteiger partial charge in [0.25, 0.3) is 5.91 Å². The Balaban J connectivity index is 1.79. The van der Waals surface area contributed by atoms with E-state index in [1.807, 2.05) is 0 Å². The van der Waals surface area contributed by atoms with Gasteiger partial charge in [0.15, 0.2) is 11.0 Å². The quantitative estimate of drug-likeness (QED) is 0.310. The van der Waals surface area contributed by atoms with Crippen molar-refractivity contribution in [2.75, 3.05) is 19.8 Å². The van der Waals surface area contributed by atoms with Crippen LogP contribution in [0, 0.1) is 0 Å². The maximum Gasteiger partial charge on any atom is 0.416 e. The number of rotatable bonds is 9. The van der Waals surface area contributed by atoms with Crippen LogP contribution in [0.25, 0.3) is 0 Å². The van der Waals surface area contributed by atoms with Gasteiger partial charge in [0.1, 0.15) is 12.4 Å². The molecular formula is C20H16Cl3F4NO3. The highest BCUT2D eigenvalue weighted by Gasteiger charge is 2.30. The van der Waals surface area contributed by atoms with Crippen molar-refractivity contribution >= 4 is 40.7 Å². The van der Waals surface area contributed by atoms with Crippen molar-refractivity contribution in [2.45, 2.75) is 12.6 Å². The molecule has 0 aromatic heterocycles. The lowest BCUT2D eigenvalue weighted by atomic mass is 10.1. The molecule has 1 N–H and O–H groups in total. The first-order valence-electron chi connectivity index (χ1n) is 8.79. The molecule has 1 amide bonds. The molecule has 2 aromatic rings. The molecule has 0 unspecified atom stereocenters. The Bertz CT molecular complexity index is 907. The molecule has 0 saturated heterocycles. The second kappa shape index (κ2) is 11.5. The Kier molecular flexibility index (Phi) is 9.28. The van der Waals surface area contributed by atoms with Gasteiger partial charge in [-0.15, -0.1) is 0 Å². The van der Waals surface area contributed by atoms with Crippen molar-refractivity contribution < 1.29 is 31.8 Å². The molecule has 0 aliphatic rings. The van der Waals surface area contributed by atoms with Gasteiger partial charge in [-0.1, -0.05) is 34.8 Å². The maximum atomic E-state index is 12.5. The lowest BCUT2D eigenvalue weighted by Crippen LogP contribution is -2.25. The first-order chi connectivity index (χ1) is 14.6. The van der Waals surface area contributed by atoms with Crippen LogP contribution in [0.15, 0.2) is 47.8 Å². The monoisotopic (exact) mass is 499 g/mol. The molecule has 2 rings (SSSR count). The molecule has 168 valence electrons. The highest BCUT2D eigenvalue weighted by Crippen LogP contribution is 2.37. The summed E-state index contributed by atoms with van der Waals surface area (Å²) >= 11 is 17.3. The summed E-state index contributed by atoms with van der Waals surface area (Å²) in [5.41, 5.74) is -0.718. The van der Waals surface area contributed by atoms with E-state index < -0.39 is 22.9 Å². The maximum absolute atomic E-state index is 12.5. The van der Waals surface area contributed by atoms with Gasteiger partial charge in [0, 0.05) is 30.3 Å². The molecule has 0 aliphatic carbocycles. The standard InChI is InChI=1S/C20H16Cl3F4NO3/c21-15-10-14(30-9-6-17(23)24)11-16(22)18(15)31-8-1-7-28-19(29)12-2-4-13(5-3-12)20(25,26)27/h2-6,10-11H,1,7-9H2,(H,28,29)/b17-6+. The Labute approximate surface area is 190 Å². The molecule has 0 atom stereocenters. The highest BCUT2D eigenvalue weighted by molar-refractivity contribution is 6.37. The topological polar surface area (TPSA) is 47.6 Å². The van der Waals surface area contributed by atoms with Crippen LogP contribution in [0.5, 0.6) is 11.5 Å². The zero-order valence-corrected chi connectivity index (χ0v) is 18.0. The third kappa shape index (κ3) is 8.12. The van der Waals surface area contributed by atoms with E-state index in [1.165, 1.54) is 12.1 Å². The van der Waals surface area contributed by atoms with E-state index in [4.69, 9.17) is 44.3 Å². The lowest BCUT2D eigenvalue weighted by Gasteiger charge is -2.12. The SMILES string of the molecule is O=C(NCCCOc1c(Cl)cc(OC/C=C(/F)Cl)cc1Cl)c1ccc(C(F)(F)F)cc1. The van der Waals surface area contributed by atoms with Crippen molar-refractivity contribution in [2.24, 2.45) is 0 Å². The van der Waals surface area contributed by atoms with Crippen molar-refractivity contribution in [1.29, 1.82) is 0 Å². The van der Waals surface area contributed by atoms with Crippen molar-refractivity contribution in [1.82, 2.24) is 5.32 Å². The Morgan fingerprint density at radius 2 is 1.68 bits per heavy atom. The highest BCUT2D eigenvalue weighted by atomic mass is 35.5. The summed E-state index contributed by atoms with van der Waals surface area (Å²) < 4.78 is 60.8. The van der Waals surface area contributed by atoms with Crippen LogP contribution in [0.2, 0.25) is 10.0 Å². The van der Waals surface area contributed by atoms with Crippen LogP contribution in [-0.2, 0) is 6.18 Å². The average molecular weight is 501 g/mol. The first-order valence-corrected chi connectivity index (χ1v) is 9.92. The molecule has 11 heteroatoms. The molecule has 0 aliphatic heterocycles. The predicted octanol–water partition coefficient (Wildman–Crippen LogP) is 6.64. The first kappa shape index (κ1) is 25.1. The third-order valence-corrected chi connectivity index (χ3v) is 4.50. The number of hydrogen-bond acceptors (Lipinski definition) is 3. The summed E-state index contributed by atoms with van der Waals surface area (Å²) in [5, 5.41) is 2.03. The summed E-state index contributed by atoms with van der Waals surface area (Å²) in [6, 6.07) is 6.78. The Hall–Kier alpha value is -2.16. The molecule has 0 heterocycles. The molecule has 2 aromatic carbocycles. The number of carbonyl (C=O) groups is 1. The fourth-order valence-electron chi connectivity index (χ4n) is 2.32. The minimum Gasteiger partial charge on any atom is -0.490 e. The summed E-state index contributed by atoms with van der Waals surface area (Å²) in [5.74, 6) is -0.00198. The molecule has 0 saturated carbocycles. The van der Waals surface area contributed by atoms with Crippen molar-refractivity contribution in [3.63, 3.8) is 0 Å². The minimum atomic E-state index is -4.46. The summed E-state index contributed by atoms with van der Waals surface area (Å²) in [6.45, 7) is 0.264. The molecule has 4 nitrogen and oxygen atoms in total. The average Bonchev–Trinajstić information content (AvgIpc) is 2.68. The Morgan fingerprint density at radius 1 is 1.06 bits per heavy atom. The molecule has 0 fully saturated rings. The van der Waals surface area contributed by atoms with Crippen LogP contribution in [0.1, 0.15) is 22.3 Å². The summed E-state index contributed by atoms with van der Waals surface area (Å²) in [6.07, 6.45) is -3.05. The molecule has 0 spiro atoms. The van der Waals surface area contributed by atoms with Gasteiger partial charge in [-0.25, -0.2) is 0 Å². The normalized spacial score (nSPS) is 11.9. The number of amides is 1. The van der Waals surface area contributed by atoms with E-state index in [2.05, 4.69) is 5.32 Å². The fourth-order valence-corrected chi connectivity index (χ4v) is 2.96. The number of nitrogens with one attached hydrogen (secondary N) is 1. The van der Waals surface area contributed by atoms with Gasteiger partial charge in [0.05, 0.1) is 22.2 Å². The lowest BCUT2D eigenvalue weighted by molar-refractivity contribution is -0.137. The van der Waals surface area contributed by atoms with E-state index >= 15 is 0 Å². The van der Waals surface area contributed by atoms with Crippen molar-refractivity contribution in [3.8, 4) is 11.5 Å². The molecule has 0 bridgehead atoms. The van der Waals surface area contributed by atoms with E-state index in [0.29, 0.717) is 12.2 Å². The Morgan fingerprint density at radius 3 is 2.23 bits per heavy atom. The van der Waals surface area contributed by atoms with Gasteiger partial charge >= 0.3 is 6.18 Å². The zero-order valence-electron chi connectivity index (χ0n) is 15.7. The van der Waals surface area contributed by atoms with Gasteiger partial charge in [-0.2, -0.15) is 17.6 Å². The second-order valence-corrected chi connectivity index (χ2v) is 7.23. The van der Waals surface area contributed by atoms with E-state index in [1.54, 1.807) is 0 Å². The van der Waals surface area contributed by atoms with E-state index in [-0.39, 0.29) is 41.1 Å². The van der Waals surface area contributed by atoms with E-state index in [0.717, 1.165) is 30.3 Å². The van der Waals surface area contributed by atoms with Crippen LogP contribution in [0.4, 0.5) is 17.6 Å². The number of halogens is 7. The molecule has 0 radical (unpaired) electrons. The number of ether oxygens (including phenoxy) is 2. The van der Waals surface area contributed by atoms with Crippen LogP contribution < -0.4 is 14.8 Å². The van der Waals surface area contributed by atoms with Gasteiger partial charge in [-0.05, 0) is 30.7 Å². The number of benzene rings is 2. The van der Waals surface area contributed by atoms with Gasteiger partial charge < -0.3 is 14.8 Å². The summed E-state index contributed by atoms with van der Waals surface area (Å²) in [4.78, 5) is 12.0. The third-order valence-electron chi connectivity index (χ3n) is 3.79. The largest absolute Gasteiger partial charge is 0.490 e. The summed E-state index contributed by atoms with van der Waals surface area (Å²) in [7, 11) is 0. The zero-order chi connectivity index (χ0) is 23.0. The number of hydrogen-bond donors (Lipinski definition) is 1. The smallest absolute Gasteiger partial charge is 0.416 e. The number of alkyl halides is 3.